The summed E-state index contributed by atoms with van der Waals surface area (Å²) in [7, 11) is 0. The first-order valence-corrected chi connectivity index (χ1v) is 10.3. The van der Waals surface area contributed by atoms with E-state index in [1.165, 1.54) is 12.1 Å². The van der Waals surface area contributed by atoms with Gasteiger partial charge in [0.05, 0.1) is 13.2 Å². The molecule has 4 rings (SSSR count). The van der Waals surface area contributed by atoms with Gasteiger partial charge in [-0.15, -0.1) is 0 Å². The predicted molar refractivity (Wildman–Crippen MR) is 113 cm³/mol. The molecule has 0 aromatic heterocycles. The van der Waals surface area contributed by atoms with Gasteiger partial charge in [-0.1, -0.05) is 36.4 Å². The van der Waals surface area contributed by atoms with Gasteiger partial charge in [0.2, 0.25) is 5.91 Å². The van der Waals surface area contributed by atoms with Gasteiger partial charge < -0.3 is 19.9 Å². The summed E-state index contributed by atoms with van der Waals surface area (Å²) in [6, 6.07) is 18.1. The van der Waals surface area contributed by atoms with Crippen LogP contribution >= 0.6 is 0 Å². The summed E-state index contributed by atoms with van der Waals surface area (Å²) in [6.45, 7) is 5.04. The van der Waals surface area contributed by atoms with Crippen molar-refractivity contribution in [2.45, 2.75) is 25.3 Å². The summed E-state index contributed by atoms with van der Waals surface area (Å²) in [4.78, 5) is 17.7. The number of piperidine rings is 1. The zero-order chi connectivity index (χ0) is 19.2. The number of benzene rings is 2. The molecule has 0 aliphatic carbocycles. The van der Waals surface area contributed by atoms with E-state index in [1.54, 1.807) is 0 Å². The van der Waals surface area contributed by atoms with Crippen LogP contribution in [-0.2, 0) is 9.53 Å². The van der Waals surface area contributed by atoms with E-state index in [4.69, 9.17) is 4.74 Å². The van der Waals surface area contributed by atoms with E-state index < -0.39 is 0 Å². The maximum Gasteiger partial charge on any atom is 0.249 e. The zero-order valence-corrected chi connectivity index (χ0v) is 16.3. The maximum atomic E-state index is 13.3. The van der Waals surface area contributed by atoms with Crippen molar-refractivity contribution in [3.05, 3.63) is 60.2 Å². The first-order valence-electron chi connectivity index (χ1n) is 10.3. The van der Waals surface area contributed by atoms with Gasteiger partial charge in [0.1, 0.15) is 6.04 Å². The standard InChI is InChI=1S/C23H29N3O2/c27-23(26-12-5-2-6-13-26)22(19-8-3-1-4-9-19)24-20-10-7-11-21(18-20)25-14-16-28-17-15-25/h1,3-4,7-11,18,22,24H,2,5-6,12-17H2/t22-/m0/s1. The molecule has 0 spiro atoms. The Morgan fingerprint density at radius 1 is 0.893 bits per heavy atom. The number of morpholine rings is 1. The summed E-state index contributed by atoms with van der Waals surface area (Å²) in [5.41, 5.74) is 3.16. The largest absolute Gasteiger partial charge is 0.378 e. The molecule has 0 unspecified atom stereocenters. The highest BCUT2D eigenvalue weighted by molar-refractivity contribution is 5.86. The normalized spacial score (nSPS) is 18.6. The molecule has 1 amide bonds. The molecule has 0 saturated carbocycles. The van der Waals surface area contributed by atoms with Crippen molar-refractivity contribution in [2.24, 2.45) is 0 Å². The van der Waals surface area contributed by atoms with Crippen LogP contribution in [0.2, 0.25) is 0 Å². The Hall–Kier alpha value is -2.53. The van der Waals surface area contributed by atoms with Gasteiger partial charge >= 0.3 is 0 Å². The van der Waals surface area contributed by atoms with Crippen molar-refractivity contribution in [1.82, 2.24) is 4.90 Å². The van der Waals surface area contributed by atoms with Crippen LogP contribution in [0.3, 0.4) is 0 Å². The second kappa shape index (κ2) is 9.11. The molecule has 28 heavy (non-hydrogen) atoms. The van der Waals surface area contributed by atoms with Crippen LogP contribution in [0.15, 0.2) is 54.6 Å². The molecule has 1 atom stereocenters. The van der Waals surface area contributed by atoms with Crippen molar-refractivity contribution < 1.29 is 9.53 Å². The van der Waals surface area contributed by atoms with Crippen molar-refractivity contribution in [2.75, 3.05) is 49.6 Å². The molecule has 2 aliphatic heterocycles. The van der Waals surface area contributed by atoms with Crippen molar-refractivity contribution in [3.8, 4) is 0 Å². The van der Waals surface area contributed by atoms with Crippen LogP contribution in [0.4, 0.5) is 11.4 Å². The Morgan fingerprint density at radius 3 is 2.39 bits per heavy atom. The summed E-state index contributed by atoms with van der Waals surface area (Å²) < 4.78 is 5.46. The average molecular weight is 380 g/mol. The van der Waals surface area contributed by atoms with E-state index in [2.05, 4.69) is 28.4 Å². The lowest BCUT2D eigenvalue weighted by Gasteiger charge is -2.32. The second-order valence-electron chi connectivity index (χ2n) is 7.52. The Bertz CT molecular complexity index is 768. The monoisotopic (exact) mass is 379 g/mol. The highest BCUT2D eigenvalue weighted by Crippen LogP contribution is 2.27. The number of anilines is 2. The molecule has 2 aromatic carbocycles. The minimum atomic E-state index is -0.362. The number of ether oxygens (including phenoxy) is 1. The van der Waals surface area contributed by atoms with Gasteiger partial charge in [-0.3, -0.25) is 4.79 Å². The van der Waals surface area contributed by atoms with Crippen molar-refractivity contribution in [3.63, 3.8) is 0 Å². The molecule has 2 saturated heterocycles. The van der Waals surface area contributed by atoms with E-state index in [9.17, 15) is 4.79 Å². The first-order chi connectivity index (χ1) is 13.8. The second-order valence-corrected chi connectivity index (χ2v) is 7.52. The highest BCUT2D eigenvalue weighted by atomic mass is 16.5. The van der Waals surface area contributed by atoms with Gasteiger partial charge in [0, 0.05) is 37.6 Å². The molecular formula is C23H29N3O2. The van der Waals surface area contributed by atoms with Crippen LogP contribution in [-0.4, -0.2) is 50.2 Å². The number of carbonyl (C=O) groups is 1. The molecule has 0 bridgehead atoms. The van der Waals surface area contributed by atoms with Gasteiger partial charge in [-0.2, -0.15) is 0 Å². The summed E-state index contributed by atoms with van der Waals surface area (Å²) >= 11 is 0. The molecule has 2 aliphatic rings. The number of rotatable bonds is 5. The summed E-state index contributed by atoms with van der Waals surface area (Å²) in [5.74, 6) is 0.169. The average Bonchev–Trinajstić information content (AvgIpc) is 2.79. The number of amides is 1. The quantitative estimate of drug-likeness (QED) is 0.861. The fraction of sp³-hybridized carbons (Fsp3) is 0.435. The van der Waals surface area contributed by atoms with Gasteiger partial charge in [-0.05, 0) is 43.0 Å². The number of nitrogens with zero attached hydrogens (tertiary/aromatic N) is 2. The number of carbonyl (C=O) groups excluding carboxylic acids is 1. The Labute approximate surface area is 167 Å². The molecule has 148 valence electrons. The Morgan fingerprint density at radius 2 is 1.64 bits per heavy atom. The van der Waals surface area contributed by atoms with Crippen molar-refractivity contribution in [1.29, 1.82) is 0 Å². The van der Waals surface area contributed by atoms with E-state index in [-0.39, 0.29) is 11.9 Å². The van der Waals surface area contributed by atoms with Crippen LogP contribution < -0.4 is 10.2 Å². The summed E-state index contributed by atoms with van der Waals surface area (Å²) in [5, 5.41) is 3.52. The van der Waals surface area contributed by atoms with Crippen LogP contribution in [0.1, 0.15) is 30.9 Å². The molecular weight excluding hydrogens is 350 g/mol. The number of hydrogen-bond acceptors (Lipinski definition) is 4. The smallest absolute Gasteiger partial charge is 0.249 e. The van der Waals surface area contributed by atoms with Gasteiger partial charge in [0.15, 0.2) is 0 Å². The molecule has 5 nitrogen and oxygen atoms in total. The van der Waals surface area contributed by atoms with Crippen LogP contribution in [0.5, 0.6) is 0 Å². The molecule has 5 heteroatoms. The Kier molecular flexibility index (Phi) is 6.12. The fourth-order valence-electron chi connectivity index (χ4n) is 4.01. The lowest BCUT2D eigenvalue weighted by molar-refractivity contribution is -0.133. The number of likely N-dealkylation sites (tertiary alicyclic amines) is 1. The molecule has 2 heterocycles. The lowest BCUT2D eigenvalue weighted by atomic mass is 10.0. The molecule has 2 aromatic rings. The van der Waals surface area contributed by atoms with E-state index in [0.717, 1.165) is 63.5 Å². The minimum absolute atomic E-state index is 0.169. The summed E-state index contributed by atoms with van der Waals surface area (Å²) in [6.07, 6.45) is 3.41. The Balaban J connectivity index is 1.56. The fourth-order valence-corrected chi connectivity index (χ4v) is 4.01. The van der Waals surface area contributed by atoms with E-state index >= 15 is 0 Å². The molecule has 0 radical (unpaired) electrons. The number of nitrogens with one attached hydrogen (secondary N) is 1. The first kappa shape index (κ1) is 18.8. The molecule has 1 N–H and O–H groups in total. The van der Waals surface area contributed by atoms with E-state index in [1.807, 2.05) is 41.3 Å². The molecule has 2 fully saturated rings. The topological polar surface area (TPSA) is 44.8 Å². The third-order valence-corrected chi connectivity index (χ3v) is 5.58. The van der Waals surface area contributed by atoms with Crippen LogP contribution in [0.25, 0.3) is 0 Å². The van der Waals surface area contributed by atoms with Crippen LogP contribution in [0, 0.1) is 0 Å². The maximum absolute atomic E-state index is 13.3. The number of hydrogen-bond donors (Lipinski definition) is 1. The zero-order valence-electron chi connectivity index (χ0n) is 16.3. The lowest BCUT2D eigenvalue weighted by Crippen LogP contribution is -2.41. The third-order valence-electron chi connectivity index (χ3n) is 5.58. The SMILES string of the molecule is O=C([C@@H](Nc1cccc(N2CCOCC2)c1)c1ccccc1)N1CCCCC1. The predicted octanol–water partition coefficient (Wildman–Crippen LogP) is 3.69. The van der Waals surface area contributed by atoms with Gasteiger partial charge in [-0.25, -0.2) is 0 Å². The third kappa shape index (κ3) is 4.47. The minimum Gasteiger partial charge on any atom is -0.378 e. The van der Waals surface area contributed by atoms with E-state index in [0.29, 0.717) is 0 Å². The van der Waals surface area contributed by atoms with Crippen molar-refractivity contribution >= 4 is 17.3 Å². The highest BCUT2D eigenvalue weighted by Gasteiger charge is 2.27. The van der Waals surface area contributed by atoms with Gasteiger partial charge in [0.25, 0.3) is 0 Å².